The maximum Gasteiger partial charge on any atom is 0.0542 e. The topological polar surface area (TPSA) is 8.17 Å². The predicted octanol–water partition coefficient (Wildman–Crippen LogP) is 18.2. The third-order valence-corrected chi connectivity index (χ3v) is 14.0. The molecule has 2 heteroatoms. The molecule has 1 aliphatic carbocycles. The van der Waals surface area contributed by atoms with Crippen LogP contribution >= 0.6 is 0 Å². The summed E-state index contributed by atoms with van der Waals surface area (Å²) >= 11 is 0. The number of aromatic nitrogens is 1. The van der Waals surface area contributed by atoms with Crippen LogP contribution in [0.5, 0.6) is 0 Å². The van der Waals surface area contributed by atoms with Crippen molar-refractivity contribution in [3.05, 3.63) is 222 Å². The molecule has 1 unspecified atom stereocenters. The number of allylic oxidation sites excluding steroid dienone is 1. The Morgan fingerprint density at radius 1 is 0.478 bits per heavy atom. The minimum Gasteiger partial charge on any atom is -0.310 e. The average Bonchev–Trinajstić information content (AvgIpc) is 3.67. The summed E-state index contributed by atoms with van der Waals surface area (Å²) in [6, 6.07) is 72.6. The molecule has 9 aromatic carbocycles. The van der Waals surface area contributed by atoms with Crippen LogP contribution in [0.3, 0.4) is 0 Å². The lowest BCUT2D eigenvalue weighted by Gasteiger charge is -2.29. The van der Waals surface area contributed by atoms with E-state index in [4.69, 9.17) is 0 Å². The number of hydrogen-bond acceptors (Lipinski definition) is 1. The summed E-state index contributed by atoms with van der Waals surface area (Å²) < 4.78 is 2.40. The molecule has 11 rings (SSSR count). The maximum atomic E-state index is 2.48. The van der Waals surface area contributed by atoms with Crippen LogP contribution in [0.25, 0.3) is 77.7 Å². The van der Waals surface area contributed by atoms with Gasteiger partial charge in [-0.1, -0.05) is 200 Å². The van der Waals surface area contributed by atoms with E-state index < -0.39 is 0 Å². The number of anilines is 3. The zero-order valence-electron chi connectivity index (χ0n) is 39.8. The van der Waals surface area contributed by atoms with E-state index in [1.54, 1.807) is 0 Å². The van der Waals surface area contributed by atoms with Gasteiger partial charge in [-0.15, -0.1) is 0 Å². The molecular weight excluding hydrogens is 809 g/mol. The fraction of sp³-hybridized carbons (Fsp3) is 0.169. The number of fused-ring (bicyclic) bond motifs is 5. The number of para-hydroxylation sites is 3. The first-order chi connectivity index (χ1) is 32.4. The van der Waals surface area contributed by atoms with Crippen LogP contribution in [0.4, 0.5) is 17.1 Å². The van der Waals surface area contributed by atoms with Gasteiger partial charge >= 0.3 is 0 Å². The number of benzene rings is 9. The van der Waals surface area contributed by atoms with E-state index in [9.17, 15) is 0 Å². The Bertz CT molecular complexity index is 3480. The number of nitrogens with zero attached hydrogens (tertiary/aromatic N) is 2. The number of hydrogen-bond donors (Lipinski definition) is 0. The Labute approximate surface area is 396 Å². The predicted molar refractivity (Wildman–Crippen MR) is 289 cm³/mol. The highest BCUT2D eigenvalue weighted by atomic mass is 15.1. The van der Waals surface area contributed by atoms with Crippen molar-refractivity contribution >= 4 is 55.7 Å². The first kappa shape index (κ1) is 42.2. The van der Waals surface area contributed by atoms with Crippen molar-refractivity contribution < 1.29 is 0 Å². The van der Waals surface area contributed by atoms with E-state index >= 15 is 0 Å². The Balaban J connectivity index is 1.14. The summed E-state index contributed by atoms with van der Waals surface area (Å²) in [6.45, 7) is 16.3. The molecule has 67 heavy (non-hydrogen) atoms. The molecule has 0 saturated carbocycles. The minimum atomic E-state index is -0.00425. The van der Waals surface area contributed by atoms with Gasteiger partial charge in [-0.3, -0.25) is 0 Å². The quantitative estimate of drug-likeness (QED) is 0.155. The molecule has 0 radical (unpaired) electrons. The van der Waals surface area contributed by atoms with Gasteiger partial charge in [0.15, 0.2) is 0 Å². The smallest absolute Gasteiger partial charge is 0.0542 e. The fourth-order valence-corrected chi connectivity index (χ4v) is 10.4. The molecule has 1 aromatic heterocycles. The van der Waals surface area contributed by atoms with Crippen LogP contribution in [-0.4, -0.2) is 4.57 Å². The van der Waals surface area contributed by atoms with Crippen molar-refractivity contribution in [1.29, 1.82) is 0 Å². The molecule has 10 aromatic rings. The van der Waals surface area contributed by atoms with Gasteiger partial charge in [0.2, 0.25) is 0 Å². The van der Waals surface area contributed by atoms with Crippen LogP contribution in [0.1, 0.15) is 70.7 Å². The highest BCUT2D eigenvalue weighted by molar-refractivity contribution is 6.12. The second-order valence-electron chi connectivity index (χ2n) is 20.7. The molecule has 0 spiro atoms. The molecule has 0 N–H and O–H groups in total. The Morgan fingerprint density at radius 3 is 1.84 bits per heavy atom. The fourth-order valence-electron chi connectivity index (χ4n) is 10.4. The van der Waals surface area contributed by atoms with E-state index in [1.165, 1.54) is 88.2 Å². The van der Waals surface area contributed by atoms with Gasteiger partial charge in [0.1, 0.15) is 0 Å². The van der Waals surface area contributed by atoms with E-state index in [2.05, 4.69) is 264 Å². The van der Waals surface area contributed by atoms with Gasteiger partial charge in [0, 0.05) is 33.4 Å². The molecule has 2 nitrogen and oxygen atoms in total. The van der Waals surface area contributed by atoms with Crippen LogP contribution < -0.4 is 4.90 Å². The molecule has 1 aliphatic rings. The Hall–Kier alpha value is -7.42. The molecule has 1 atom stereocenters. The highest BCUT2D eigenvalue weighted by Gasteiger charge is 2.25. The van der Waals surface area contributed by atoms with Gasteiger partial charge < -0.3 is 9.47 Å². The van der Waals surface area contributed by atoms with E-state index in [0.717, 1.165) is 29.2 Å². The van der Waals surface area contributed by atoms with Crippen molar-refractivity contribution in [2.45, 2.75) is 65.7 Å². The van der Waals surface area contributed by atoms with Crippen molar-refractivity contribution in [2.24, 2.45) is 5.92 Å². The second-order valence-corrected chi connectivity index (χ2v) is 20.7. The zero-order valence-corrected chi connectivity index (χ0v) is 39.8. The van der Waals surface area contributed by atoms with E-state index in [1.807, 2.05) is 0 Å². The van der Waals surface area contributed by atoms with E-state index in [-0.39, 0.29) is 10.8 Å². The SMILES string of the molecule is CC1C=Cc2c(cccc2-c2ccc(N(c3ccc4c(c3)c3ccccc3n4-c3ccccc3)c3ccccc3-c3cccc4cccc(-c5cc(C(C)(C)C)cc(C(C)(C)C)c5)c34)cc2)C1. The molecule has 0 bridgehead atoms. The van der Waals surface area contributed by atoms with Crippen molar-refractivity contribution in [3.8, 4) is 39.1 Å². The molecular formula is C65H58N2. The summed E-state index contributed by atoms with van der Waals surface area (Å²) in [5, 5.41) is 4.93. The molecule has 1 heterocycles. The lowest BCUT2D eigenvalue weighted by molar-refractivity contribution is 0.569. The van der Waals surface area contributed by atoms with Crippen molar-refractivity contribution in [3.63, 3.8) is 0 Å². The van der Waals surface area contributed by atoms with Gasteiger partial charge in [-0.25, -0.2) is 0 Å². The summed E-state index contributed by atoms with van der Waals surface area (Å²) in [7, 11) is 0. The van der Waals surface area contributed by atoms with Crippen molar-refractivity contribution in [2.75, 3.05) is 4.90 Å². The molecule has 0 fully saturated rings. The lowest BCUT2D eigenvalue weighted by atomic mass is 9.78. The number of rotatable bonds is 7. The molecule has 0 aliphatic heterocycles. The second kappa shape index (κ2) is 16.5. The molecule has 0 amide bonds. The largest absolute Gasteiger partial charge is 0.310 e. The van der Waals surface area contributed by atoms with Gasteiger partial charge in [-0.2, -0.15) is 0 Å². The summed E-state index contributed by atoms with van der Waals surface area (Å²) in [5.74, 6) is 0.547. The van der Waals surface area contributed by atoms with Crippen molar-refractivity contribution in [1.82, 2.24) is 4.57 Å². The lowest BCUT2D eigenvalue weighted by Crippen LogP contribution is -2.16. The first-order valence-electron chi connectivity index (χ1n) is 24.0. The monoisotopic (exact) mass is 866 g/mol. The normalized spacial score (nSPS) is 13.9. The Morgan fingerprint density at radius 2 is 1.09 bits per heavy atom. The third kappa shape index (κ3) is 7.65. The Kier molecular flexibility index (Phi) is 10.4. The maximum absolute atomic E-state index is 2.48. The van der Waals surface area contributed by atoms with Crippen LogP contribution in [0.15, 0.2) is 200 Å². The average molecular weight is 867 g/mol. The van der Waals surface area contributed by atoms with Gasteiger partial charge in [0.05, 0.1) is 16.7 Å². The van der Waals surface area contributed by atoms with Crippen LogP contribution in [0, 0.1) is 5.92 Å². The van der Waals surface area contributed by atoms with Gasteiger partial charge in [-0.05, 0) is 139 Å². The molecule has 0 saturated heterocycles. The summed E-state index contributed by atoms with van der Waals surface area (Å²) in [5.41, 5.74) is 19.7. The van der Waals surface area contributed by atoms with E-state index in [0.29, 0.717) is 5.92 Å². The van der Waals surface area contributed by atoms with Crippen LogP contribution in [0.2, 0.25) is 0 Å². The highest BCUT2D eigenvalue weighted by Crippen LogP contribution is 2.47. The zero-order chi connectivity index (χ0) is 46.0. The first-order valence-corrected chi connectivity index (χ1v) is 24.0. The van der Waals surface area contributed by atoms with Gasteiger partial charge in [0.25, 0.3) is 0 Å². The summed E-state index contributed by atoms with van der Waals surface area (Å²) in [6.07, 6.45) is 5.76. The summed E-state index contributed by atoms with van der Waals surface area (Å²) in [4.78, 5) is 2.48. The minimum absolute atomic E-state index is 0.00425. The third-order valence-electron chi connectivity index (χ3n) is 14.0. The standard InChI is InChI=1S/C65H58N2/c1-43-30-36-54-46(38-43)20-17-25-53(54)44-31-33-51(34-32-44)66(52-35-37-62-59(42-52)57-24-12-14-29-61(57)67(62)50-21-9-8-10-22-50)60-28-13-11-23-56(60)58-27-16-19-45-18-15-26-55(63(45)58)47-39-48(64(2,3)4)41-49(40-47)65(5,6)7/h8-37,39-43H,38H2,1-7H3. The van der Waals surface area contributed by atoms with Crippen LogP contribution in [-0.2, 0) is 17.3 Å². The molecule has 328 valence electrons.